The highest BCUT2D eigenvalue weighted by atomic mass is 32.2. The van der Waals surface area contributed by atoms with Gasteiger partial charge in [-0.3, -0.25) is 9.59 Å². The molecule has 29 heavy (non-hydrogen) atoms. The number of halogens is 1. The maximum absolute atomic E-state index is 13.7. The first-order chi connectivity index (χ1) is 13.9. The second-order valence-corrected chi connectivity index (χ2v) is 8.10. The standard InChI is InChI=1S/C22H20FN3O2S/c1-13-6-8-14(9-7-13)12-29-22-25-21(28)19-17(15-4-3-5-16(23)10-15)11-18(27)24-20(19)26(22)2/h3-10,17H,11-12H2,1-2H3,(H,24,27). The number of nitrogens with one attached hydrogen (secondary N) is 1. The van der Waals surface area contributed by atoms with Crippen LogP contribution in [0.5, 0.6) is 0 Å². The molecule has 1 atom stereocenters. The van der Waals surface area contributed by atoms with Crippen LogP contribution in [0.3, 0.4) is 0 Å². The number of benzene rings is 2. The van der Waals surface area contributed by atoms with Crippen molar-refractivity contribution in [2.45, 2.75) is 30.2 Å². The monoisotopic (exact) mass is 409 g/mol. The van der Waals surface area contributed by atoms with E-state index in [2.05, 4.69) is 10.3 Å². The fraction of sp³-hybridized carbons (Fsp3) is 0.227. The zero-order chi connectivity index (χ0) is 20.5. The first-order valence-electron chi connectivity index (χ1n) is 9.27. The van der Waals surface area contributed by atoms with Crippen LogP contribution in [0.4, 0.5) is 10.2 Å². The summed E-state index contributed by atoms with van der Waals surface area (Å²) in [6.45, 7) is 2.03. The van der Waals surface area contributed by atoms with Gasteiger partial charge < -0.3 is 9.88 Å². The first kappa shape index (κ1) is 19.4. The van der Waals surface area contributed by atoms with Crippen LogP contribution in [0.1, 0.15) is 34.6 Å². The third-order valence-corrected chi connectivity index (χ3v) is 6.14. The molecule has 5 nitrogen and oxygen atoms in total. The van der Waals surface area contributed by atoms with Crippen LogP contribution in [0.15, 0.2) is 58.5 Å². The summed E-state index contributed by atoms with van der Waals surface area (Å²) in [4.78, 5) is 29.5. The highest BCUT2D eigenvalue weighted by Crippen LogP contribution is 2.36. The lowest BCUT2D eigenvalue weighted by Crippen LogP contribution is -2.33. The van der Waals surface area contributed by atoms with Gasteiger partial charge >= 0.3 is 0 Å². The summed E-state index contributed by atoms with van der Waals surface area (Å²) < 4.78 is 15.5. The number of aryl methyl sites for hydroxylation is 1. The number of hydrogen-bond acceptors (Lipinski definition) is 4. The summed E-state index contributed by atoms with van der Waals surface area (Å²) >= 11 is 1.43. The lowest BCUT2D eigenvalue weighted by Gasteiger charge is -2.27. The van der Waals surface area contributed by atoms with Crippen molar-refractivity contribution < 1.29 is 9.18 Å². The zero-order valence-electron chi connectivity index (χ0n) is 16.1. The minimum Gasteiger partial charge on any atom is -0.312 e. The van der Waals surface area contributed by atoms with E-state index >= 15 is 0 Å². The van der Waals surface area contributed by atoms with Gasteiger partial charge in [-0.1, -0.05) is 53.7 Å². The van der Waals surface area contributed by atoms with Crippen molar-refractivity contribution in [3.8, 4) is 0 Å². The number of carbonyl (C=O) groups excluding carboxylic acids is 1. The maximum Gasteiger partial charge on any atom is 0.279 e. The van der Waals surface area contributed by atoms with Gasteiger partial charge in [-0.2, -0.15) is 4.98 Å². The Labute approximate surface area is 172 Å². The third kappa shape index (κ3) is 3.96. The predicted octanol–water partition coefficient (Wildman–Crippen LogP) is 3.99. The van der Waals surface area contributed by atoms with E-state index in [0.29, 0.717) is 27.9 Å². The van der Waals surface area contributed by atoms with Gasteiger partial charge in [0.05, 0.1) is 5.56 Å². The number of rotatable bonds is 4. The first-order valence-corrected chi connectivity index (χ1v) is 10.3. The fourth-order valence-electron chi connectivity index (χ4n) is 3.50. The van der Waals surface area contributed by atoms with E-state index in [1.165, 1.54) is 29.5 Å². The molecule has 0 spiro atoms. The van der Waals surface area contributed by atoms with Gasteiger partial charge in [0.2, 0.25) is 5.91 Å². The highest BCUT2D eigenvalue weighted by molar-refractivity contribution is 7.98. The second-order valence-electron chi connectivity index (χ2n) is 7.15. The van der Waals surface area contributed by atoms with Crippen LogP contribution < -0.4 is 10.9 Å². The summed E-state index contributed by atoms with van der Waals surface area (Å²) in [6, 6.07) is 14.2. The molecule has 3 aromatic rings. The van der Waals surface area contributed by atoms with E-state index < -0.39 is 17.3 Å². The van der Waals surface area contributed by atoms with Crippen LogP contribution in [0.25, 0.3) is 0 Å². The molecule has 148 valence electrons. The van der Waals surface area contributed by atoms with Crippen molar-refractivity contribution in [3.63, 3.8) is 0 Å². The van der Waals surface area contributed by atoms with Crippen molar-refractivity contribution in [1.82, 2.24) is 9.55 Å². The van der Waals surface area contributed by atoms with Gasteiger partial charge in [-0.25, -0.2) is 4.39 Å². The molecule has 1 N–H and O–H groups in total. The molecule has 7 heteroatoms. The van der Waals surface area contributed by atoms with Crippen LogP contribution in [-0.4, -0.2) is 15.5 Å². The van der Waals surface area contributed by atoms with Crippen molar-refractivity contribution >= 4 is 23.5 Å². The number of amides is 1. The van der Waals surface area contributed by atoms with Gasteiger partial charge in [0.15, 0.2) is 5.16 Å². The number of carbonyl (C=O) groups is 1. The molecular formula is C22H20FN3O2S. The van der Waals surface area contributed by atoms with Crippen LogP contribution in [0, 0.1) is 12.7 Å². The quantitative estimate of drug-likeness (QED) is 0.523. The Kier molecular flexibility index (Phi) is 5.24. The number of anilines is 1. The molecule has 0 bridgehead atoms. The number of fused-ring (bicyclic) bond motifs is 1. The summed E-state index contributed by atoms with van der Waals surface area (Å²) in [5.41, 5.74) is 2.91. The fourth-order valence-corrected chi connectivity index (χ4v) is 4.43. The molecule has 2 aromatic carbocycles. The van der Waals surface area contributed by atoms with Crippen LogP contribution >= 0.6 is 11.8 Å². The Morgan fingerprint density at radius 2 is 1.97 bits per heavy atom. The smallest absolute Gasteiger partial charge is 0.279 e. The maximum atomic E-state index is 13.7. The minimum absolute atomic E-state index is 0.0865. The lowest BCUT2D eigenvalue weighted by molar-refractivity contribution is -0.116. The molecule has 1 aliphatic rings. The normalized spacial score (nSPS) is 15.7. The highest BCUT2D eigenvalue weighted by Gasteiger charge is 2.32. The number of nitrogens with zero attached hydrogens (tertiary/aromatic N) is 2. The molecule has 0 saturated carbocycles. The van der Waals surface area contributed by atoms with Crippen molar-refractivity contribution in [3.05, 3.63) is 87.0 Å². The van der Waals surface area contributed by atoms with Crippen molar-refractivity contribution in [1.29, 1.82) is 0 Å². The Balaban J connectivity index is 1.71. The minimum atomic E-state index is -0.517. The Morgan fingerprint density at radius 1 is 1.21 bits per heavy atom. The number of hydrogen-bond donors (Lipinski definition) is 1. The average molecular weight is 409 g/mol. The molecule has 1 unspecified atom stereocenters. The zero-order valence-corrected chi connectivity index (χ0v) is 16.9. The third-order valence-electron chi connectivity index (χ3n) is 5.04. The van der Waals surface area contributed by atoms with E-state index in [-0.39, 0.29) is 12.3 Å². The molecule has 0 aliphatic carbocycles. The van der Waals surface area contributed by atoms with E-state index in [4.69, 9.17) is 0 Å². The molecule has 1 aromatic heterocycles. The van der Waals surface area contributed by atoms with E-state index in [1.54, 1.807) is 23.7 Å². The predicted molar refractivity (Wildman–Crippen MR) is 112 cm³/mol. The van der Waals surface area contributed by atoms with Gasteiger partial charge in [-0.05, 0) is 30.2 Å². The van der Waals surface area contributed by atoms with Gasteiger partial charge in [-0.15, -0.1) is 0 Å². The summed E-state index contributed by atoms with van der Waals surface area (Å²) in [6.07, 6.45) is 0.0865. The Hall–Kier alpha value is -2.93. The van der Waals surface area contributed by atoms with E-state index in [9.17, 15) is 14.0 Å². The molecule has 4 rings (SSSR count). The Bertz CT molecular complexity index is 1140. The van der Waals surface area contributed by atoms with E-state index in [1.807, 2.05) is 31.2 Å². The Morgan fingerprint density at radius 3 is 2.69 bits per heavy atom. The number of thioether (sulfide) groups is 1. The van der Waals surface area contributed by atoms with Gasteiger partial charge in [0.25, 0.3) is 5.56 Å². The molecule has 2 heterocycles. The molecule has 1 aliphatic heterocycles. The molecule has 0 fully saturated rings. The summed E-state index contributed by atoms with van der Waals surface area (Å²) in [5, 5.41) is 3.33. The van der Waals surface area contributed by atoms with Gasteiger partial charge in [0, 0.05) is 25.1 Å². The van der Waals surface area contributed by atoms with Crippen LogP contribution in [0.2, 0.25) is 0 Å². The summed E-state index contributed by atoms with van der Waals surface area (Å²) in [7, 11) is 1.77. The number of aromatic nitrogens is 2. The van der Waals surface area contributed by atoms with Crippen LogP contribution in [-0.2, 0) is 17.6 Å². The average Bonchev–Trinajstić information content (AvgIpc) is 2.70. The largest absolute Gasteiger partial charge is 0.312 e. The van der Waals surface area contributed by atoms with Crippen molar-refractivity contribution in [2.75, 3.05) is 5.32 Å². The SMILES string of the molecule is Cc1ccc(CSc2nc(=O)c3c(n2C)NC(=O)CC3c2cccc(F)c2)cc1. The topological polar surface area (TPSA) is 64.0 Å². The van der Waals surface area contributed by atoms with Gasteiger partial charge in [0.1, 0.15) is 11.6 Å². The second kappa shape index (κ2) is 7.83. The molecule has 0 radical (unpaired) electrons. The van der Waals surface area contributed by atoms with Crippen molar-refractivity contribution in [2.24, 2.45) is 7.05 Å². The lowest BCUT2D eigenvalue weighted by atomic mass is 9.87. The summed E-state index contributed by atoms with van der Waals surface area (Å²) in [5.74, 6) is -0.0353. The molecular weight excluding hydrogens is 389 g/mol. The molecule has 1 amide bonds. The molecule has 0 saturated heterocycles. The van der Waals surface area contributed by atoms with E-state index in [0.717, 1.165) is 5.56 Å².